The second kappa shape index (κ2) is 10.8. The number of carbonyl (C=O) groups excluding carboxylic acids is 1. The molecule has 3 aromatic rings. The summed E-state index contributed by atoms with van der Waals surface area (Å²) < 4.78 is 12.1. The fraction of sp³-hybridized carbons (Fsp3) is 0.348. The summed E-state index contributed by atoms with van der Waals surface area (Å²) in [6.45, 7) is 8.59. The molecular weight excluding hydrogens is 492 g/mol. The topological polar surface area (TPSA) is 85.4 Å². The molecule has 2 N–H and O–H groups in total. The first kappa shape index (κ1) is 24.0. The number of rotatable bonds is 8. The van der Waals surface area contributed by atoms with E-state index >= 15 is 0 Å². The maximum Gasteiger partial charge on any atom is 0.412 e. The van der Waals surface area contributed by atoms with E-state index < -0.39 is 11.7 Å². The lowest BCUT2D eigenvalue weighted by atomic mass is 10.1. The Bertz CT molecular complexity index is 1050. The highest BCUT2D eigenvalue weighted by Gasteiger charge is 2.20. The average Bonchev–Trinajstić information content (AvgIpc) is 3.11. The lowest BCUT2D eigenvalue weighted by molar-refractivity contribution is 0.0636. The molecule has 1 aromatic carbocycles. The number of hydrogen-bond acceptors (Lipinski definition) is 7. The van der Waals surface area contributed by atoms with Gasteiger partial charge in [-0.05, 0) is 51.8 Å². The number of nitrogens with zero attached hydrogens (tertiary/aromatic N) is 2. The van der Waals surface area contributed by atoms with Crippen molar-refractivity contribution >= 4 is 44.2 Å². The molecule has 0 aliphatic rings. The summed E-state index contributed by atoms with van der Waals surface area (Å²) in [5.41, 5.74) is 1.40. The predicted octanol–water partition coefficient (Wildman–Crippen LogP) is 6.37. The largest absolute Gasteiger partial charge is 0.491 e. The molecule has 0 spiro atoms. The Balaban J connectivity index is 1.70. The molecule has 170 valence electrons. The van der Waals surface area contributed by atoms with E-state index in [1.165, 1.54) is 23.2 Å². The molecule has 9 heteroatoms. The van der Waals surface area contributed by atoms with Crippen LogP contribution in [0.1, 0.15) is 33.3 Å². The molecule has 7 nitrogen and oxygen atoms in total. The minimum Gasteiger partial charge on any atom is -0.491 e. The van der Waals surface area contributed by atoms with E-state index in [0.717, 1.165) is 33.8 Å². The molecule has 0 aliphatic heterocycles. The molecule has 0 bridgehead atoms. The molecule has 3 rings (SSSR count). The molecule has 0 fully saturated rings. The highest BCUT2D eigenvalue weighted by atomic mass is 79.9. The van der Waals surface area contributed by atoms with Gasteiger partial charge in [-0.1, -0.05) is 28.1 Å². The molecule has 0 radical (unpaired) electrons. The smallest absolute Gasteiger partial charge is 0.412 e. The number of halogens is 1. The standard InChI is InChI=1S/C23H27BrN4O3S/c1-5-30-18-13-19(32-21(18)28-22(29)31-23(2,3)4)17-12-20(27-14-26-17)25-11-10-15-6-8-16(24)9-7-15/h6-9,12-14H,5,10-11H2,1-4H3,(H,28,29)(H,25,26,27). The second-order valence-corrected chi connectivity index (χ2v) is 9.92. The van der Waals surface area contributed by atoms with Gasteiger partial charge in [-0.2, -0.15) is 0 Å². The molecule has 2 heterocycles. The number of carbonyl (C=O) groups is 1. The first-order valence-corrected chi connectivity index (χ1v) is 11.9. The Morgan fingerprint density at radius 2 is 1.91 bits per heavy atom. The molecule has 0 aliphatic carbocycles. The quantitative estimate of drug-likeness (QED) is 0.360. The molecule has 0 atom stereocenters. The van der Waals surface area contributed by atoms with E-state index in [-0.39, 0.29) is 0 Å². The van der Waals surface area contributed by atoms with Crippen LogP contribution in [0.15, 0.2) is 47.2 Å². The van der Waals surface area contributed by atoms with Crippen molar-refractivity contribution in [2.75, 3.05) is 23.8 Å². The Labute approximate surface area is 200 Å². The van der Waals surface area contributed by atoms with Gasteiger partial charge in [0.1, 0.15) is 22.7 Å². The maximum absolute atomic E-state index is 12.2. The summed E-state index contributed by atoms with van der Waals surface area (Å²) in [4.78, 5) is 21.8. The van der Waals surface area contributed by atoms with Crippen molar-refractivity contribution in [2.45, 2.75) is 39.7 Å². The molecule has 0 unspecified atom stereocenters. The first-order valence-electron chi connectivity index (χ1n) is 10.3. The zero-order valence-corrected chi connectivity index (χ0v) is 21.0. The minimum absolute atomic E-state index is 0.478. The molecule has 0 saturated carbocycles. The fourth-order valence-corrected chi connectivity index (χ4v) is 4.04. The van der Waals surface area contributed by atoms with Crippen LogP contribution < -0.4 is 15.4 Å². The van der Waals surface area contributed by atoms with Gasteiger partial charge in [0.25, 0.3) is 0 Å². The summed E-state index contributed by atoms with van der Waals surface area (Å²) in [7, 11) is 0. The second-order valence-electron chi connectivity index (χ2n) is 7.96. The zero-order chi connectivity index (χ0) is 23.1. The van der Waals surface area contributed by atoms with Crippen molar-refractivity contribution in [3.63, 3.8) is 0 Å². The average molecular weight is 519 g/mol. The van der Waals surface area contributed by atoms with Gasteiger partial charge in [0, 0.05) is 23.2 Å². The number of amides is 1. The number of aromatic nitrogens is 2. The highest BCUT2D eigenvalue weighted by Crippen LogP contribution is 2.40. The van der Waals surface area contributed by atoms with Crippen LogP contribution in [0.3, 0.4) is 0 Å². The van der Waals surface area contributed by atoms with Crippen molar-refractivity contribution in [1.29, 1.82) is 0 Å². The first-order chi connectivity index (χ1) is 15.2. The molecule has 2 aromatic heterocycles. The minimum atomic E-state index is -0.584. The molecule has 0 saturated heterocycles. The number of ether oxygens (including phenoxy) is 2. The van der Waals surface area contributed by atoms with Gasteiger partial charge < -0.3 is 14.8 Å². The van der Waals surface area contributed by atoms with Crippen LogP contribution in [0, 0.1) is 0 Å². The van der Waals surface area contributed by atoms with Crippen LogP contribution in [0.2, 0.25) is 0 Å². The third-order valence-electron chi connectivity index (χ3n) is 4.16. The Hall–Kier alpha value is -2.65. The summed E-state index contributed by atoms with van der Waals surface area (Å²) in [5.74, 6) is 1.32. The predicted molar refractivity (Wildman–Crippen MR) is 133 cm³/mol. The van der Waals surface area contributed by atoms with E-state index in [0.29, 0.717) is 17.4 Å². The Kier molecular flexibility index (Phi) is 8.09. The van der Waals surface area contributed by atoms with E-state index in [4.69, 9.17) is 9.47 Å². The molecule has 1 amide bonds. The molecule has 32 heavy (non-hydrogen) atoms. The van der Waals surface area contributed by atoms with E-state index in [1.807, 2.05) is 52.0 Å². The van der Waals surface area contributed by atoms with Crippen LogP contribution in [0.25, 0.3) is 10.6 Å². The number of hydrogen-bond donors (Lipinski definition) is 2. The zero-order valence-electron chi connectivity index (χ0n) is 18.6. The van der Waals surface area contributed by atoms with Crippen LogP contribution in [-0.4, -0.2) is 34.8 Å². The normalized spacial score (nSPS) is 11.2. The summed E-state index contributed by atoms with van der Waals surface area (Å²) in [5, 5.41) is 6.71. The van der Waals surface area contributed by atoms with Crippen molar-refractivity contribution in [3.05, 3.63) is 52.8 Å². The molecular formula is C23H27BrN4O3S. The summed E-state index contributed by atoms with van der Waals surface area (Å²) in [6.07, 6.45) is 1.88. The van der Waals surface area contributed by atoms with Gasteiger partial charge in [-0.3, -0.25) is 5.32 Å². The Morgan fingerprint density at radius 3 is 2.59 bits per heavy atom. The van der Waals surface area contributed by atoms with E-state index in [9.17, 15) is 4.79 Å². The summed E-state index contributed by atoms with van der Waals surface area (Å²) >= 11 is 4.83. The summed E-state index contributed by atoms with van der Waals surface area (Å²) in [6, 6.07) is 12.0. The number of thiophene rings is 1. The van der Waals surface area contributed by atoms with Crippen molar-refractivity contribution in [2.24, 2.45) is 0 Å². The van der Waals surface area contributed by atoms with Crippen LogP contribution in [-0.2, 0) is 11.2 Å². The van der Waals surface area contributed by atoms with Crippen LogP contribution in [0.4, 0.5) is 15.6 Å². The van der Waals surface area contributed by atoms with E-state index in [1.54, 1.807) is 0 Å². The number of nitrogens with one attached hydrogen (secondary N) is 2. The van der Waals surface area contributed by atoms with Gasteiger partial charge in [-0.25, -0.2) is 14.8 Å². The lowest BCUT2D eigenvalue weighted by Crippen LogP contribution is -2.27. The lowest BCUT2D eigenvalue weighted by Gasteiger charge is -2.19. The van der Waals surface area contributed by atoms with Crippen LogP contribution in [0.5, 0.6) is 5.75 Å². The SMILES string of the molecule is CCOc1cc(-c2cc(NCCc3ccc(Br)cc3)ncn2)sc1NC(=O)OC(C)(C)C. The van der Waals surface area contributed by atoms with Crippen molar-refractivity contribution in [1.82, 2.24) is 9.97 Å². The maximum atomic E-state index is 12.2. The highest BCUT2D eigenvalue weighted by molar-refractivity contribution is 9.10. The number of benzene rings is 1. The third-order valence-corrected chi connectivity index (χ3v) is 5.75. The van der Waals surface area contributed by atoms with Gasteiger partial charge >= 0.3 is 6.09 Å². The van der Waals surface area contributed by atoms with Gasteiger partial charge in [0.05, 0.1) is 17.2 Å². The van der Waals surface area contributed by atoms with Gasteiger partial charge in [-0.15, -0.1) is 11.3 Å². The monoisotopic (exact) mass is 518 g/mol. The Morgan fingerprint density at radius 1 is 1.16 bits per heavy atom. The fourth-order valence-electron chi connectivity index (χ4n) is 2.82. The van der Waals surface area contributed by atoms with Gasteiger partial charge in [0.15, 0.2) is 5.75 Å². The van der Waals surface area contributed by atoms with Gasteiger partial charge in [0.2, 0.25) is 0 Å². The van der Waals surface area contributed by atoms with Crippen molar-refractivity contribution < 1.29 is 14.3 Å². The van der Waals surface area contributed by atoms with E-state index in [2.05, 4.69) is 48.7 Å². The van der Waals surface area contributed by atoms with Crippen molar-refractivity contribution in [3.8, 4) is 16.3 Å². The van der Waals surface area contributed by atoms with Crippen LogP contribution >= 0.6 is 27.3 Å². The third kappa shape index (κ3) is 7.20. The number of anilines is 2.